The Morgan fingerprint density at radius 2 is 1.55 bits per heavy atom. The van der Waals surface area contributed by atoms with E-state index >= 15 is 9.59 Å². The van der Waals surface area contributed by atoms with Gasteiger partial charge in [0.25, 0.3) is 0 Å². The zero-order valence-electron chi connectivity index (χ0n) is 27.1. The molecule has 3 aromatic rings. The second-order valence-corrected chi connectivity index (χ2v) is 13.1. The van der Waals surface area contributed by atoms with Crippen LogP contribution in [-0.2, 0) is 25.7 Å². The monoisotopic (exact) mass is 633 g/mol. The van der Waals surface area contributed by atoms with E-state index in [2.05, 4.69) is 13.2 Å². The van der Waals surface area contributed by atoms with Crippen molar-refractivity contribution in [2.75, 3.05) is 24.6 Å². The van der Waals surface area contributed by atoms with Crippen molar-refractivity contribution in [2.24, 2.45) is 17.8 Å². The molecule has 0 aromatic heterocycles. The van der Waals surface area contributed by atoms with E-state index in [0.717, 1.165) is 5.56 Å². The lowest BCUT2D eigenvalue weighted by atomic mass is 9.62. The van der Waals surface area contributed by atoms with Crippen LogP contribution in [0.3, 0.4) is 0 Å². The van der Waals surface area contributed by atoms with Gasteiger partial charge in [0.05, 0.1) is 30.1 Å². The minimum absolute atomic E-state index is 0.136. The van der Waals surface area contributed by atoms with Gasteiger partial charge in [-0.15, -0.1) is 13.2 Å². The third-order valence-corrected chi connectivity index (χ3v) is 10.5. The van der Waals surface area contributed by atoms with E-state index in [9.17, 15) is 9.90 Å². The summed E-state index contributed by atoms with van der Waals surface area (Å²) in [5.74, 6) is -2.83. The summed E-state index contributed by atoms with van der Waals surface area (Å²) in [7, 11) is 0. The van der Waals surface area contributed by atoms with Crippen LogP contribution < -0.4 is 4.90 Å². The van der Waals surface area contributed by atoms with Crippen molar-refractivity contribution < 1.29 is 24.2 Å². The van der Waals surface area contributed by atoms with E-state index in [-0.39, 0.29) is 36.7 Å². The van der Waals surface area contributed by atoms with Crippen LogP contribution in [0.4, 0.5) is 5.69 Å². The molecule has 2 bridgehead atoms. The molecule has 7 atom stereocenters. The smallest absolute Gasteiger partial charge is 0.249 e. The van der Waals surface area contributed by atoms with Crippen LogP contribution in [0.2, 0.25) is 0 Å². The first-order valence-corrected chi connectivity index (χ1v) is 16.3. The number of rotatable bonds is 12. The molecule has 1 spiro atoms. The minimum Gasteiger partial charge on any atom is -0.394 e. The number of aliphatic hydroxyl groups is 1. The molecule has 6 rings (SSSR count). The fourth-order valence-electron chi connectivity index (χ4n) is 8.29. The molecule has 1 N–H and O–H groups in total. The number of benzene rings is 3. The Labute approximate surface area is 276 Å². The molecule has 0 radical (unpaired) electrons. The van der Waals surface area contributed by atoms with Gasteiger partial charge in [-0.2, -0.15) is 0 Å². The second-order valence-electron chi connectivity index (χ2n) is 13.1. The van der Waals surface area contributed by atoms with Crippen molar-refractivity contribution >= 4 is 23.4 Å². The van der Waals surface area contributed by atoms with Gasteiger partial charge in [0.2, 0.25) is 17.7 Å². The Hall–Kier alpha value is -4.53. The van der Waals surface area contributed by atoms with Crippen LogP contribution >= 0.6 is 0 Å². The number of anilines is 1. The number of ether oxygens (including phenoxy) is 1. The standard InChI is InChI=1S/C39H43N3O5/c1-5-22-40(25-28-16-10-7-11-17-28)37(46)34-39-24-27(3)38(4,47-39)32(35(44)41(23-6-2)30-20-14-9-15-21-30)33(39)36(45)42(34)31(26-43)29-18-12-8-13-19-29/h5-21,27,31-34,43H,1-2,22-26H2,3-4H3/t27?,31-,32+,33+,34?,38-,39?/m1/s1. The summed E-state index contributed by atoms with van der Waals surface area (Å²) < 4.78 is 7.03. The van der Waals surface area contributed by atoms with Crippen LogP contribution in [-0.4, -0.2) is 69.6 Å². The van der Waals surface area contributed by atoms with Crippen molar-refractivity contribution in [3.8, 4) is 0 Å². The van der Waals surface area contributed by atoms with Gasteiger partial charge in [-0.25, -0.2) is 0 Å². The predicted molar refractivity (Wildman–Crippen MR) is 181 cm³/mol. The lowest BCUT2D eigenvalue weighted by molar-refractivity contribution is -0.156. The molecule has 8 nitrogen and oxygen atoms in total. The van der Waals surface area contributed by atoms with Gasteiger partial charge in [-0.1, -0.05) is 97.9 Å². The number of fused-ring (bicyclic) bond motifs is 1. The van der Waals surface area contributed by atoms with Gasteiger partial charge in [0, 0.05) is 25.3 Å². The average molecular weight is 634 g/mol. The van der Waals surface area contributed by atoms with Gasteiger partial charge < -0.3 is 24.5 Å². The normalized spacial score (nSPS) is 28.1. The van der Waals surface area contributed by atoms with Crippen molar-refractivity contribution in [1.82, 2.24) is 9.80 Å². The third-order valence-electron chi connectivity index (χ3n) is 10.5. The average Bonchev–Trinajstić information content (AvgIpc) is 3.61. The molecule has 3 fully saturated rings. The fourth-order valence-corrected chi connectivity index (χ4v) is 8.29. The number of carbonyl (C=O) groups excluding carboxylic acids is 3. The van der Waals surface area contributed by atoms with Gasteiger partial charge in [-0.05, 0) is 42.5 Å². The molecule has 47 heavy (non-hydrogen) atoms. The maximum absolute atomic E-state index is 15.0. The highest BCUT2D eigenvalue weighted by Crippen LogP contribution is 2.66. The van der Waals surface area contributed by atoms with E-state index in [1.165, 1.54) is 4.90 Å². The number of amides is 3. The number of hydrogen-bond acceptors (Lipinski definition) is 5. The van der Waals surface area contributed by atoms with Crippen LogP contribution in [0.1, 0.15) is 37.4 Å². The Bertz CT molecular complexity index is 1630. The van der Waals surface area contributed by atoms with Crippen molar-refractivity contribution in [2.45, 2.75) is 50.1 Å². The number of nitrogens with zero attached hydrogens (tertiary/aromatic N) is 3. The number of likely N-dealkylation sites (tertiary alicyclic amines) is 1. The number of para-hydroxylation sites is 1. The van der Waals surface area contributed by atoms with Crippen molar-refractivity contribution in [3.05, 3.63) is 127 Å². The van der Waals surface area contributed by atoms with Gasteiger partial charge in [0.1, 0.15) is 11.6 Å². The van der Waals surface area contributed by atoms with Gasteiger partial charge in [-0.3, -0.25) is 14.4 Å². The van der Waals surface area contributed by atoms with Crippen LogP contribution in [0.25, 0.3) is 0 Å². The first kappa shape index (κ1) is 32.4. The molecule has 244 valence electrons. The number of aliphatic hydroxyl groups excluding tert-OH is 1. The molecule has 3 amide bonds. The SMILES string of the molecule is C=CCN(Cc1ccccc1)C(=O)C1N([C@H](CO)c2ccccc2)C(=O)[C@@H]2[C@@H](C(=O)N(CC=C)c3ccccc3)[C@]3(C)OC12CC3C. The molecule has 3 heterocycles. The van der Waals surface area contributed by atoms with E-state index in [1.807, 2.05) is 105 Å². The largest absolute Gasteiger partial charge is 0.394 e. The van der Waals surface area contributed by atoms with Gasteiger partial charge in [0.15, 0.2) is 0 Å². The Morgan fingerprint density at radius 3 is 2.15 bits per heavy atom. The highest BCUT2D eigenvalue weighted by atomic mass is 16.5. The maximum Gasteiger partial charge on any atom is 0.249 e. The molecule has 3 aliphatic heterocycles. The Morgan fingerprint density at radius 1 is 0.957 bits per heavy atom. The highest BCUT2D eigenvalue weighted by Gasteiger charge is 2.80. The molecule has 8 heteroatoms. The van der Waals surface area contributed by atoms with E-state index in [0.29, 0.717) is 24.2 Å². The number of hydrogen-bond donors (Lipinski definition) is 1. The highest BCUT2D eigenvalue weighted by molar-refractivity contribution is 6.03. The van der Waals surface area contributed by atoms with E-state index in [1.54, 1.807) is 22.0 Å². The molecule has 3 unspecified atom stereocenters. The van der Waals surface area contributed by atoms with Crippen molar-refractivity contribution in [1.29, 1.82) is 0 Å². The summed E-state index contributed by atoms with van der Waals surface area (Å²) in [6.45, 7) is 12.2. The molecule has 0 saturated carbocycles. The van der Waals surface area contributed by atoms with E-state index in [4.69, 9.17) is 4.74 Å². The topological polar surface area (TPSA) is 90.4 Å². The van der Waals surface area contributed by atoms with E-state index < -0.39 is 41.7 Å². The first-order chi connectivity index (χ1) is 22.7. The van der Waals surface area contributed by atoms with Crippen molar-refractivity contribution in [3.63, 3.8) is 0 Å². The molecular weight excluding hydrogens is 590 g/mol. The van der Waals surface area contributed by atoms with Gasteiger partial charge >= 0.3 is 0 Å². The Kier molecular flexibility index (Phi) is 8.92. The summed E-state index contributed by atoms with van der Waals surface area (Å²) in [5.41, 5.74) is 0.0446. The fraction of sp³-hybridized carbons (Fsp3) is 0.359. The predicted octanol–water partition coefficient (Wildman–Crippen LogP) is 5.16. The summed E-state index contributed by atoms with van der Waals surface area (Å²) in [6.07, 6.45) is 3.77. The summed E-state index contributed by atoms with van der Waals surface area (Å²) in [5, 5.41) is 10.9. The lowest BCUT2D eigenvalue weighted by Gasteiger charge is -2.39. The Balaban J connectivity index is 1.50. The maximum atomic E-state index is 15.0. The molecule has 3 aliphatic rings. The lowest BCUT2D eigenvalue weighted by Crippen LogP contribution is -2.57. The minimum atomic E-state index is -1.28. The first-order valence-electron chi connectivity index (χ1n) is 16.3. The summed E-state index contributed by atoms with van der Waals surface area (Å²) in [4.78, 5) is 49.7. The quantitative estimate of drug-likeness (QED) is 0.278. The van der Waals surface area contributed by atoms with Crippen LogP contribution in [0.15, 0.2) is 116 Å². The molecule has 0 aliphatic carbocycles. The molecule has 3 saturated heterocycles. The molecular formula is C39H43N3O5. The number of carbonyl (C=O) groups is 3. The van der Waals surface area contributed by atoms with Crippen LogP contribution in [0, 0.1) is 17.8 Å². The van der Waals surface area contributed by atoms with Crippen LogP contribution in [0.5, 0.6) is 0 Å². The zero-order valence-corrected chi connectivity index (χ0v) is 27.1. The second kappa shape index (κ2) is 12.9. The zero-order chi connectivity index (χ0) is 33.3. The molecule has 3 aromatic carbocycles. The third kappa shape index (κ3) is 5.29. The summed E-state index contributed by atoms with van der Waals surface area (Å²) >= 11 is 0. The summed E-state index contributed by atoms with van der Waals surface area (Å²) in [6, 6.07) is 26.4.